The summed E-state index contributed by atoms with van der Waals surface area (Å²) in [6.07, 6.45) is 1.52. The van der Waals surface area contributed by atoms with Crippen LogP contribution in [-0.4, -0.2) is 46.8 Å². The van der Waals surface area contributed by atoms with Crippen LogP contribution >= 0.6 is 0 Å². The molecule has 0 fully saturated rings. The summed E-state index contributed by atoms with van der Waals surface area (Å²) in [5.41, 5.74) is 3.41. The number of aromatic nitrogens is 2. The van der Waals surface area contributed by atoms with Crippen molar-refractivity contribution in [1.29, 1.82) is 0 Å². The van der Waals surface area contributed by atoms with Crippen LogP contribution < -0.4 is 0 Å². The molecule has 6 heteroatoms. The molecule has 0 saturated heterocycles. The second-order valence-corrected chi connectivity index (χ2v) is 5.98. The molecule has 1 aromatic heterocycles. The van der Waals surface area contributed by atoms with Crippen molar-refractivity contribution in [3.8, 4) is 23.7 Å². The van der Waals surface area contributed by atoms with Crippen LogP contribution in [0.15, 0.2) is 23.4 Å². The number of hydrogen-bond donors (Lipinski definition) is 1. The van der Waals surface area contributed by atoms with E-state index in [4.69, 9.17) is 14.7 Å². The summed E-state index contributed by atoms with van der Waals surface area (Å²) >= 11 is 0. The van der Waals surface area contributed by atoms with E-state index in [1.165, 1.54) is 6.21 Å². The molecular formula is C22H25N3O3. The maximum absolute atomic E-state index is 8.61. The van der Waals surface area contributed by atoms with Crippen molar-refractivity contribution >= 4 is 17.2 Å². The maximum atomic E-state index is 8.61. The van der Waals surface area contributed by atoms with Crippen molar-refractivity contribution < 1.29 is 14.7 Å². The normalized spacial score (nSPS) is 12.9. The lowest BCUT2D eigenvalue weighted by atomic mass is 10.1. The highest BCUT2D eigenvalue weighted by molar-refractivity contribution is 5.77. The fraction of sp³-hybridized carbons (Fsp3) is 0.409. The minimum Gasteiger partial charge on any atom is -0.411 e. The highest BCUT2D eigenvalue weighted by Gasteiger charge is 2.07. The van der Waals surface area contributed by atoms with Gasteiger partial charge in [0.25, 0.3) is 0 Å². The molecule has 28 heavy (non-hydrogen) atoms. The lowest BCUT2D eigenvalue weighted by molar-refractivity contribution is 0.116. The molecule has 0 aliphatic carbocycles. The Morgan fingerprint density at radius 3 is 2.11 bits per heavy atom. The minimum absolute atomic E-state index is 0.203. The van der Waals surface area contributed by atoms with Gasteiger partial charge >= 0.3 is 0 Å². The molecule has 1 aromatic carbocycles. The van der Waals surface area contributed by atoms with Crippen molar-refractivity contribution in [1.82, 2.24) is 9.97 Å². The van der Waals surface area contributed by atoms with Crippen LogP contribution in [-0.2, 0) is 15.9 Å². The SMILES string of the molecule is CCOC(C)C#Cc1nc2ccc(C/C=N/O)cc2nc1C#CC(C)OCC. The van der Waals surface area contributed by atoms with Gasteiger partial charge in [-0.3, -0.25) is 0 Å². The van der Waals surface area contributed by atoms with Gasteiger partial charge in [-0.05, 0) is 57.2 Å². The maximum Gasteiger partial charge on any atom is 0.148 e. The number of nitrogens with zero attached hydrogens (tertiary/aromatic N) is 3. The fourth-order valence-corrected chi connectivity index (χ4v) is 2.47. The van der Waals surface area contributed by atoms with Crippen molar-refractivity contribution in [3.05, 3.63) is 35.2 Å². The standard InChI is InChI=1S/C22H25N3O3/c1-5-27-16(3)7-10-19-20(11-8-17(4)28-6-2)25-22-15-18(13-14-23-26)9-12-21(22)24-19/h9,12,14-17,26H,5-6,13H2,1-4H3/b23-14+. The number of fused-ring (bicyclic) bond motifs is 1. The van der Waals surface area contributed by atoms with E-state index in [0.29, 0.717) is 36.5 Å². The zero-order chi connectivity index (χ0) is 20.4. The molecule has 6 nitrogen and oxygen atoms in total. The highest BCUT2D eigenvalue weighted by Crippen LogP contribution is 2.15. The number of benzene rings is 1. The van der Waals surface area contributed by atoms with Gasteiger partial charge in [-0.1, -0.05) is 17.9 Å². The first kappa shape index (κ1) is 21.4. The zero-order valence-corrected chi connectivity index (χ0v) is 16.7. The third-order valence-corrected chi connectivity index (χ3v) is 3.76. The van der Waals surface area contributed by atoms with E-state index in [-0.39, 0.29) is 12.2 Å². The molecule has 0 aliphatic heterocycles. The van der Waals surface area contributed by atoms with Crippen LogP contribution in [0.3, 0.4) is 0 Å². The van der Waals surface area contributed by atoms with Crippen molar-refractivity contribution in [2.75, 3.05) is 13.2 Å². The topological polar surface area (TPSA) is 76.8 Å². The molecule has 1 N–H and O–H groups in total. The van der Waals surface area contributed by atoms with E-state index in [9.17, 15) is 0 Å². The molecule has 0 aliphatic rings. The summed E-state index contributed by atoms with van der Waals surface area (Å²) < 4.78 is 10.9. The minimum atomic E-state index is -0.210. The fourth-order valence-electron chi connectivity index (χ4n) is 2.47. The molecule has 2 rings (SSSR count). The summed E-state index contributed by atoms with van der Waals surface area (Å²) in [5, 5.41) is 11.7. The van der Waals surface area contributed by atoms with Crippen LogP contribution in [0.1, 0.15) is 44.6 Å². The quantitative estimate of drug-likeness (QED) is 0.361. The van der Waals surface area contributed by atoms with E-state index < -0.39 is 0 Å². The Bertz CT molecular complexity index is 948. The Morgan fingerprint density at radius 2 is 1.57 bits per heavy atom. The molecular weight excluding hydrogens is 354 g/mol. The average molecular weight is 379 g/mol. The van der Waals surface area contributed by atoms with Gasteiger partial charge in [-0.25, -0.2) is 9.97 Å². The van der Waals surface area contributed by atoms with Gasteiger partial charge in [0.2, 0.25) is 0 Å². The molecule has 0 radical (unpaired) electrons. The second kappa shape index (κ2) is 11.0. The third-order valence-electron chi connectivity index (χ3n) is 3.76. The number of hydrogen-bond acceptors (Lipinski definition) is 6. The van der Waals surface area contributed by atoms with Gasteiger partial charge < -0.3 is 14.7 Å². The van der Waals surface area contributed by atoms with Crippen LogP contribution in [0.25, 0.3) is 11.0 Å². The van der Waals surface area contributed by atoms with Crippen molar-refractivity contribution in [3.63, 3.8) is 0 Å². The number of ether oxygens (including phenoxy) is 2. The van der Waals surface area contributed by atoms with E-state index in [0.717, 1.165) is 11.1 Å². The van der Waals surface area contributed by atoms with E-state index >= 15 is 0 Å². The third kappa shape index (κ3) is 6.35. The average Bonchev–Trinajstić information content (AvgIpc) is 2.69. The molecule has 0 amide bonds. The molecule has 1 heterocycles. The predicted octanol–water partition coefficient (Wildman–Crippen LogP) is 3.19. The summed E-state index contributed by atoms with van der Waals surface area (Å²) in [6.45, 7) is 8.82. The molecule has 146 valence electrons. The van der Waals surface area contributed by atoms with Crippen molar-refractivity contribution in [2.45, 2.75) is 46.3 Å². The van der Waals surface area contributed by atoms with Gasteiger partial charge in [0.05, 0.1) is 11.0 Å². The van der Waals surface area contributed by atoms with Gasteiger partial charge in [0, 0.05) is 25.8 Å². The van der Waals surface area contributed by atoms with E-state index in [2.05, 4.69) is 38.8 Å². The first-order valence-corrected chi connectivity index (χ1v) is 9.30. The Labute approximate surface area is 166 Å². The van der Waals surface area contributed by atoms with Crippen LogP contribution in [0.5, 0.6) is 0 Å². The molecule has 2 aromatic rings. The summed E-state index contributed by atoms with van der Waals surface area (Å²) in [5.74, 6) is 12.2. The molecule has 0 saturated carbocycles. The summed E-state index contributed by atoms with van der Waals surface area (Å²) in [7, 11) is 0. The number of oxime groups is 1. The Kier molecular flexibility index (Phi) is 8.42. The van der Waals surface area contributed by atoms with E-state index in [1.54, 1.807) is 0 Å². The Balaban J connectivity index is 2.49. The van der Waals surface area contributed by atoms with Crippen LogP contribution in [0.2, 0.25) is 0 Å². The Morgan fingerprint density at radius 1 is 1.00 bits per heavy atom. The molecule has 2 atom stereocenters. The Hall–Kier alpha value is -2.93. The summed E-state index contributed by atoms with van der Waals surface area (Å²) in [4.78, 5) is 9.29. The monoisotopic (exact) mass is 379 g/mol. The zero-order valence-electron chi connectivity index (χ0n) is 16.7. The van der Waals surface area contributed by atoms with Gasteiger partial charge in [-0.2, -0.15) is 0 Å². The largest absolute Gasteiger partial charge is 0.411 e. The smallest absolute Gasteiger partial charge is 0.148 e. The number of rotatable bonds is 6. The van der Waals surface area contributed by atoms with Gasteiger partial charge in [-0.15, -0.1) is 5.16 Å². The first-order chi connectivity index (χ1) is 13.6. The molecule has 2 unspecified atom stereocenters. The molecule has 0 bridgehead atoms. The lowest BCUT2D eigenvalue weighted by Gasteiger charge is -2.05. The van der Waals surface area contributed by atoms with Gasteiger partial charge in [0.15, 0.2) is 0 Å². The van der Waals surface area contributed by atoms with Crippen molar-refractivity contribution in [2.24, 2.45) is 5.16 Å². The summed E-state index contributed by atoms with van der Waals surface area (Å²) in [6, 6.07) is 5.70. The van der Waals surface area contributed by atoms with E-state index in [1.807, 2.05) is 45.9 Å². The second-order valence-electron chi connectivity index (χ2n) is 5.98. The molecule has 0 spiro atoms. The van der Waals surface area contributed by atoms with Crippen LogP contribution in [0, 0.1) is 23.7 Å². The first-order valence-electron chi connectivity index (χ1n) is 9.30. The van der Waals surface area contributed by atoms with Gasteiger partial charge in [0.1, 0.15) is 23.6 Å². The predicted molar refractivity (Wildman–Crippen MR) is 109 cm³/mol. The van der Waals surface area contributed by atoms with Crippen LogP contribution in [0.4, 0.5) is 0 Å². The highest BCUT2D eigenvalue weighted by atomic mass is 16.5. The lowest BCUT2D eigenvalue weighted by Crippen LogP contribution is -2.06.